The number of nitrogens with one attached hydrogen (secondary N) is 2. The van der Waals surface area contributed by atoms with E-state index in [-0.39, 0.29) is 41.8 Å². The van der Waals surface area contributed by atoms with Crippen LogP contribution in [0.5, 0.6) is 0 Å². The first-order valence-corrected chi connectivity index (χ1v) is 11.3. The topological polar surface area (TPSA) is 66.4 Å². The van der Waals surface area contributed by atoms with Gasteiger partial charge in [0.1, 0.15) is 5.56 Å². The van der Waals surface area contributed by atoms with Gasteiger partial charge in [0.25, 0.3) is 11.5 Å². The minimum Gasteiger partial charge on any atom is -0.371 e. The lowest BCUT2D eigenvalue weighted by Gasteiger charge is -2.37. The number of pyridine rings is 1. The van der Waals surface area contributed by atoms with Gasteiger partial charge in [0.15, 0.2) is 0 Å². The highest BCUT2D eigenvalue weighted by Crippen LogP contribution is 2.31. The molecule has 2 N–H and O–H groups in total. The Balaban J connectivity index is 0.00000144. The molecule has 0 spiro atoms. The monoisotopic (exact) mass is 478 g/mol. The van der Waals surface area contributed by atoms with Crippen molar-refractivity contribution in [3.8, 4) is 0 Å². The van der Waals surface area contributed by atoms with Crippen LogP contribution in [0, 0.1) is 5.92 Å². The number of hydrogen-bond acceptors (Lipinski definition) is 4. The normalized spacial score (nSPS) is 20.8. The van der Waals surface area contributed by atoms with Gasteiger partial charge in [-0.15, -0.1) is 24.8 Å². The van der Waals surface area contributed by atoms with Crippen molar-refractivity contribution in [1.82, 2.24) is 15.2 Å². The average Bonchev–Trinajstić information content (AvgIpc) is 2.77. The number of rotatable bonds is 5. The van der Waals surface area contributed by atoms with Crippen molar-refractivity contribution in [2.24, 2.45) is 5.92 Å². The van der Waals surface area contributed by atoms with Crippen LogP contribution >= 0.6 is 24.8 Å². The second-order valence-electron chi connectivity index (χ2n) is 8.87. The molecule has 0 unspecified atom stereocenters. The van der Waals surface area contributed by atoms with Gasteiger partial charge in [-0.3, -0.25) is 9.59 Å². The first kappa shape index (κ1) is 24.6. The first-order chi connectivity index (χ1) is 14.7. The van der Waals surface area contributed by atoms with Crippen molar-refractivity contribution in [2.45, 2.75) is 38.1 Å². The molecule has 0 aliphatic carbocycles. The van der Waals surface area contributed by atoms with E-state index in [1.165, 1.54) is 17.7 Å². The zero-order chi connectivity index (χ0) is 20.5. The second kappa shape index (κ2) is 10.7. The van der Waals surface area contributed by atoms with Gasteiger partial charge >= 0.3 is 0 Å². The SMILES string of the molecule is Cl.Cl.O=C(NCCCN1CCCc2ccccc21)c1ccc2n(c1=O)C[C@@H]1CNC[C@H]2C1. The summed E-state index contributed by atoms with van der Waals surface area (Å²) < 4.78 is 1.85. The van der Waals surface area contributed by atoms with Gasteiger partial charge < -0.3 is 20.1 Å². The van der Waals surface area contributed by atoms with E-state index in [0.717, 1.165) is 51.1 Å². The Bertz CT molecular complexity index is 1010. The number of anilines is 1. The third-order valence-electron chi connectivity index (χ3n) is 6.85. The van der Waals surface area contributed by atoms with Gasteiger partial charge in [0, 0.05) is 50.0 Å². The van der Waals surface area contributed by atoms with Gasteiger partial charge in [-0.2, -0.15) is 0 Å². The molecule has 3 aliphatic rings. The van der Waals surface area contributed by atoms with E-state index in [0.29, 0.717) is 24.9 Å². The van der Waals surface area contributed by atoms with Crippen molar-refractivity contribution in [3.63, 3.8) is 0 Å². The van der Waals surface area contributed by atoms with E-state index in [4.69, 9.17) is 0 Å². The van der Waals surface area contributed by atoms with E-state index in [2.05, 4.69) is 39.8 Å². The molecule has 3 aliphatic heterocycles. The van der Waals surface area contributed by atoms with Gasteiger partial charge in [-0.05, 0) is 61.9 Å². The standard InChI is InChI=1S/C24H30N4O2.2ClH/c29-23(26-10-4-12-27-11-3-6-18-5-1-2-7-21(18)27)20-8-9-22-19-13-17(14-25-15-19)16-28(22)24(20)30;;/h1-2,5,7-9,17,19,25H,3-4,6,10-16H2,(H,26,29);2*1H/t17-,19+;;/m0../s1. The number of amides is 1. The Labute approximate surface area is 201 Å². The zero-order valence-electron chi connectivity index (χ0n) is 18.2. The molecule has 1 aromatic heterocycles. The molecule has 2 aromatic rings. The maximum Gasteiger partial charge on any atom is 0.263 e. The molecular weight excluding hydrogens is 447 g/mol. The van der Waals surface area contributed by atoms with E-state index in [1.807, 2.05) is 10.6 Å². The zero-order valence-corrected chi connectivity index (χ0v) is 19.9. The second-order valence-corrected chi connectivity index (χ2v) is 8.87. The molecule has 6 nitrogen and oxygen atoms in total. The molecule has 4 heterocycles. The smallest absolute Gasteiger partial charge is 0.263 e. The maximum absolute atomic E-state index is 13.0. The van der Waals surface area contributed by atoms with Crippen LogP contribution in [0.4, 0.5) is 5.69 Å². The number of fused-ring (bicyclic) bond motifs is 5. The van der Waals surface area contributed by atoms with E-state index in [9.17, 15) is 9.59 Å². The Kier molecular flexibility index (Phi) is 8.26. The Morgan fingerprint density at radius 1 is 1.12 bits per heavy atom. The number of nitrogens with zero attached hydrogens (tertiary/aromatic N) is 2. The lowest BCUT2D eigenvalue weighted by molar-refractivity contribution is 0.0950. The van der Waals surface area contributed by atoms with Crippen molar-refractivity contribution >= 4 is 36.4 Å². The van der Waals surface area contributed by atoms with Crippen LogP contribution in [-0.4, -0.2) is 43.2 Å². The minimum atomic E-state index is -0.247. The van der Waals surface area contributed by atoms with Crippen LogP contribution in [0.25, 0.3) is 0 Å². The number of hydrogen-bond donors (Lipinski definition) is 2. The lowest BCUT2D eigenvalue weighted by Crippen LogP contribution is -2.46. The molecule has 1 amide bonds. The number of aryl methyl sites for hydroxylation is 1. The average molecular weight is 479 g/mol. The lowest BCUT2D eigenvalue weighted by atomic mass is 9.84. The number of benzene rings is 1. The highest BCUT2D eigenvalue weighted by molar-refractivity contribution is 5.93. The summed E-state index contributed by atoms with van der Waals surface area (Å²) in [7, 11) is 0. The molecular formula is C24H32Cl2N4O2. The Morgan fingerprint density at radius 3 is 2.84 bits per heavy atom. The van der Waals surface area contributed by atoms with Gasteiger partial charge in [0.05, 0.1) is 0 Å². The molecule has 0 radical (unpaired) electrons. The van der Waals surface area contributed by atoms with Crippen molar-refractivity contribution in [3.05, 3.63) is 63.6 Å². The molecule has 174 valence electrons. The van der Waals surface area contributed by atoms with Crippen LogP contribution in [-0.2, 0) is 13.0 Å². The third kappa shape index (κ3) is 4.82. The molecule has 0 saturated carbocycles. The number of halogens is 2. The molecule has 5 rings (SSSR count). The van der Waals surface area contributed by atoms with Gasteiger partial charge in [0.2, 0.25) is 0 Å². The number of carbonyl (C=O) groups is 1. The third-order valence-corrected chi connectivity index (χ3v) is 6.85. The summed E-state index contributed by atoms with van der Waals surface area (Å²) in [5.74, 6) is 0.623. The molecule has 2 bridgehead atoms. The Hall–Kier alpha value is -2.02. The summed E-state index contributed by atoms with van der Waals surface area (Å²) in [4.78, 5) is 28.1. The highest BCUT2D eigenvalue weighted by atomic mass is 35.5. The van der Waals surface area contributed by atoms with Gasteiger partial charge in [-0.1, -0.05) is 18.2 Å². The fraction of sp³-hybridized carbons (Fsp3) is 0.500. The highest BCUT2D eigenvalue weighted by Gasteiger charge is 2.31. The van der Waals surface area contributed by atoms with E-state index >= 15 is 0 Å². The molecule has 8 heteroatoms. The summed E-state index contributed by atoms with van der Waals surface area (Å²) in [6, 6.07) is 12.3. The number of carbonyl (C=O) groups excluding carboxylic acids is 1. The van der Waals surface area contributed by atoms with Crippen LogP contribution in [0.15, 0.2) is 41.2 Å². The van der Waals surface area contributed by atoms with Crippen molar-refractivity contribution < 1.29 is 4.79 Å². The molecule has 1 aromatic carbocycles. The summed E-state index contributed by atoms with van der Waals surface area (Å²) >= 11 is 0. The molecule has 1 fully saturated rings. The fourth-order valence-corrected chi connectivity index (χ4v) is 5.37. The Morgan fingerprint density at radius 2 is 1.97 bits per heavy atom. The van der Waals surface area contributed by atoms with Gasteiger partial charge in [-0.25, -0.2) is 0 Å². The maximum atomic E-state index is 13.0. The summed E-state index contributed by atoms with van der Waals surface area (Å²) in [6.45, 7) is 5.14. The predicted molar refractivity (Wildman–Crippen MR) is 133 cm³/mol. The molecule has 2 atom stereocenters. The number of piperidine rings is 1. The minimum absolute atomic E-state index is 0. The quantitative estimate of drug-likeness (QED) is 0.648. The van der Waals surface area contributed by atoms with Crippen LogP contribution in [0.3, 0.4) is 0 Å². The van der Waals surface area contributed by atoms with Crippen molar-refractivity contribution in [2.75, 3.05) is 37.6 Å². The van der Waals surface area contributed by atoms with Crippen LogP contribution < -0.4 is 21.1 Å². The summed E-state index contributed by atoms with van der Waals surface area (Å²) in [5, 5.41) is 6.42. The largest absolute Gasteiger partial charge is 0.371 e. The van der Waals surface area contributed by atoms with E-state index in [1.54, 1.807) is 6.07 Å². The fourth-order valence-electron chi connectivity index (χ4n) is 5.37. The predicted octanol–water partition coefficient (Wildman–Crippen LogP) is 2.97. The van der Waals surface area contributed by atoms with Crippen LogP contribution in [0.2, 0.25) is 0 Å². The number of para-hydroxylation sites is 1. The molecule has 32 heavy (non-hydrogen) atoms. The summed E-state index contributed by atoms with van der Waals surface area (Å²) in [5.41, 5.74) is 3.95. The van der Waals surface area contributed by atoms with Crippen molar-refractivity contribution in [1.29, 1.82) is 0 Å². The molecule has 1 saturated heterocycles. The first-order valence-electron chi connectivity index (χ1n) is 11.3. The van der Waals surface area contributed by atoms with E-state index < -0.39 is 0 Å². The number of aromatic nitrogens is 1. The van der Waals surface area contributed by atoms with Crippen LogP contribution in [0.1, 0.15) is 46.8 Å². The summed E-state index contributed by atoms with van der Waals surface area (Å²) in [6.07, 6.45) is 4.32.